The van der Waals surface area contributed by atoms with Crippen molar-refractivity contribution in [2.75, 3.05) is 19.7 Å². The summed E-state index contributed by atoms with van der Waals surface area (Å²) in [6.07, 6.45) is 8.76. The van der Waals surface area contributed by atoms with Crippen LogP contribution in [0.25, 0.3) is 0 Å². The molecule has 0 aromatic rings. The van der Waals surface area contributed by atoms with Gasteiger partial charge in [0.05, 0.1) is 48.6 Å². The lowest BCUT2D eigenvalue weighted by molar-refractivity contribution is -0.699. The molecule has 6 fully saturated rings. The summed E-state index contributed by atoms with van der Waals surface area (Å²) in [6.45, 7) is 11.5. The highest BCUT2D eigenvalue weighted by atomic mass is 16.5. The Bertz CT molecular complexity index is 1330. The topological polar surface area (TPSA) is 204 Å². The number of quaternary nitrogens is 1. The number of aliphatic hydroxyl groups excluding tert-OH is 4. The minimum atomic E-state index is -1.56. The van der Waals surface area contributed by atoms with Crippen LogP contribution in [0.2, 0.25) is 0 Å². The van der Waals surface area contributed by atoms with Crippen LogP contribution in [0.1, 0.15) is 137 Å². The quantitative estimate of drug-likeness (QED) is 0.115. The molecule has 0 spiro atoms. The number of fused-ring (bicyclic) bond motifs is 5. The molecule has 0 radical (unpaired) electrons. The molecule has 11 heteroatoms. The molecule has 2 aliphatic heterocycles. The summed E-state index contributed by atoms with van der Waals surface area (Å²) in [7, 11) is 0. The first kappa shape index (κ1) is 42.6. The standard InChI is InChI=1S/C43H75N3O8/c1-6-7-8-9-12-28-24-54-38(26(28)3)39(51)41(5,52)33-14-18-43(53)35-29(13-17-40(33,43)4)42(16-10-11-27-15-19-45-34(44)20-27)22-32(49)31(48)21-30(42)37(50)36(35)46-23-25(2)47/h25-35,38-39,45,47-49,51-53H,6-24,44H2,1-5H3/p+2. The fraction of sp³-hybridized carbons (Fsp3) is 0.953. The summed E-state index contributed by atoms with van der Waals surface area (Å²) >= 11 is 0. The third kappa shape index (κ3) is 7.54. The lowest BCUT2D eigenvalue weighted by atomic mass is 9.40. The van der Waals surface area contributed by atoms with Gasteiger partial charge < -0.3 is 40.7 Å². The zero-order chi connectivity index (χ0) is 39.2. The SMILES string of the molecule is CCCCCCC1COC(C(O)C(C)(O)C2CCC3(O)C4C(=[NH+]CC(C)O)C(=O)C5CC(O)C(O)CC5(CCCC5CC[NH2+]C(N)C5)C4CCC23C)C1C. The molecule has 11 nitrogen and oxygen atoms in total. The monoisotopic (exact) mass is 764 g/mol. The Kier molecular flexibility index (Phi) is 13.2. The molecule has 6 aliphatic rings. The molecule has 2 saturated heterocycles. The van der Waals surface area contributed by atoms with Crippen molar-refractivity contribution in [1.29, 1.82) is 0 Å². The van der Waals surface area contributed by atoms with Crippen molar-refractivity contribution in [3.8, 4) is 0 Å². The van der Waals surface area contributed by atoms with E-state index in [0.29, 0.717) is 56.3 Å². The normalized spacial score (nSPS) is 46.8. The molecular formula is C43H77N3O8+2. The van der Waals surface area contributed by atoms with Crippen LogP contribution in [0, 0.1) is 52.3 Å². The van der Waals surface area contributed by atoms with Crippen LogP contribution in [0.5, 0.6) is 0 Å². The fourth-order valence-corrected chi connectivity index (χ4v) is 13.5. The summed E-state index contributed by atoms with van der Waals surface area (Å²) in [5.74, 6) is -0.927. The zero-order valence-electron chi connectivity index (χ0n) is 34.1. The summed E-state index contributed by atoms with van der Waals surface area (Å²) in [5, 5.41) is 72.9. The van der Waals surface area contributed by atoms with Gasteiger partial charge in [-0.3, -0.25) is 10.5 Å². The van der Waals surface area contributed by atoms with Gasteiger partial charge in [-0.05, 0) is 113 Å². The molecule has 310 valence electrons. The Morgan fingerprint density at radius 3 is 2.52 bits per heavy atom. The lowest BCUT2D eigenvalue weighted by Gasteiger charge is -2.63. The fourth-order valence-electron chi connectivity index (χ4n) is 13.5. The maximum absolute atomic E-state index is 15.0. The van der Waals surface area contributed by atoms with Crippen LogP contribution in [0.15, 0.2) is 0 Å². The summed E-state index contributed by atoms with van der Waals surface area (Å²) in [4.78, 5) is 18.3. The van der Waals surface area contributed by atoms with Gasteiger partial charge in [-0.1, -0.05) is 52.9 Å². The molecule has 0 aromatic carbocycles. The number of aliphatic hydroxyl groups is 6. The molecule has 4 aliphatic carbocycles. The van der Waals surface area contributed by atoms with E-state index in [1.165, 1.54) is 19.3 Å². The van der Waals surface area contributed by atoms with Crippen LogP contribution in [-0.4, -0.2) is 110 Å². The molecule has 0 bridgehead atoms. The number of piperidine rings is 1. The highest BCUT2D eigenvalue weighted by Gasteiger charge is 2.75. The first-order valence-corrected chi connectivity index (χ1v) is 22.0. The smallest absolute Gasteiger partial charge is 0.225 e. The number of nitrogens with one attached hydrogen (secondary N) is 1. The van der Waals surface area contributed by atoms with Gasteiger partial charge in [0.1, 0.15) is 18.4 Å². The van der Waals surface area contributed by atoms with E-state index in [1.807, 2.05) is 0 Å². The molecule has 0 aromatic heterocycles. The third-order valence-corrected chi connectivity index (χ3v) is 16.6. The average Bonchev–Trinajstić information content (AvgIpc) is 3.62. The number of ether oxygens (including phenoxy) is 1. The van der Waals surface area contributed by atoms with Gasteiger partial charge in [-0.15, -0.1) is 0 Å². The van der Waals surface area contributed by atoms with Crippen LogP contribution < -0.4 is 16.0 Å². The minimum Gasteiger partial charge on any atom is -0.390 e. The molecule has 17 atom stereocenters. The molecular weight excluding hydrogens is 686 g/mol. The predicted molar refractivity (Wildman–Crippen MR) is 206 cm³/mol. The number of hydrogen-bond donors (Lipinski definition) is 9. The summed E-state index contributed by atoms with van der Waals surface area (Å²) in [6, 6.07) is 0. The number of unbranched alkanes of at least 4 members (excludes halogenated alkanes) is 3. The van der Waals surface area contributed by atoms with E-state index in [1.54, 1.807) is 13.8 Å². The summed E-state index contributed by atoms with van der Waals surface area (Å²) in [5.41, 5.74) is 2.32. The van der Waals surface area contributed by atoms with Gasteiger partial charge in [-0.25, -0.2) is 4.99 Å². The van der Waals surface area contributed by atoms with E-state index < -0.39 is 70.3 Å². The Morgan fingerprint density at radius 1 is 1.06 bits per heavy atom. The van der Waals surface area contributed by atoms with Crippen molar-refractivity contribution in [2.45, 2.75) is 185 Å². The van der Waals surface area contributed by atoms with Gasteiger partial charge >= 0.3 is 0 Å². The van der Waals surface area contributed by atoms with Crippen LogP contribution in [0.3, 0.4) is 0 Å². The number of nitrogens with two attached hydrogens (primary N) is 2. The highest BCUT2D eigenvalue weighted by molar-refractivity contribution is 6.40. The lowest BCUT2D eigenvalue weighted by Crippen LogP contribution is -2.94. The summed E-state index contributed by atoms with van der Waals surface area (Å²) < 4.78 is 6.28. The van der Waals surface area contributed by atoms with Crippen molar-refractivity contribution < 1.29 is 50.5 Å². The number of carbonyl (C=O) groups is 1. The van der Waals surface area contributed by atoms with Gasteiger partial charge in [-0.2, -0.15) is 0 Å². The van der Waals surface area contributed by atoms with Crippen molar-refractivity contribution in [3.05, 3.63) is 0 Å². The average molecular weight is 764 g/mol. The van der Waals surface area contributed by atoms with E-state index in [2.05, 4.69) is 31.1 Å². The molecule has 54 heavy (non-hydrogen) atoms. The minimum absolute atomic E-state index is 0.0878. The van der Waals surface area contributed by atoms with E-state index in [-0.39, 0.29) is 36.8 Å². The number of ketones is 1. The molecule has 2 heterocycles. The first-order valence-electron chi connectivity index (χ1n) is 22.0. The number of rotatable bonds is 14. The number of carbonyl (C=O) groups excluding carboxylic acids is 1. The second kappa shape index (κ2) is 16.7. The Hall–Kier alpha value is -1.02. The van der Waals surface area contributed by atoms with Crippen molar-refractivity contribution in [3.63, 3.8) is 0 Å². The van der Waals surface area contributed by atoms with Crippen molar-refractivity contribution in [1.82, 2.24) is 0 Å². The third-order valence-electron chi connectivity index (χ3n) is 16.6. The van der Waals surface area contributed by atoms with Gasteiger partial charge in [0.15, 0.2) is 6.54 Å². The molecule has 0 amide bonds. The van der Waals surface area contributed by atoms with Gasteiger partial charge in [0.25, 0.3) is 0 Å². The Balaban J connectivity index is 1.31. The molecule has 11 N–H and O–H groups in total. The Morgan fingerprint density at radius 2 is 1.81 bits per heavy atom. The number of hydrogen-bond acceptors (Lipinski definition) is 9. The van der Waals surface area contributed by atoms with Crippen LogP contribution in [-0.2, 0) is 9.53 Å². The first-order chi connectivity index (χ1) is 25.5. The second-order valence-corrected chi connectivity index (χ2v) is 19.8. The van der Waals surface area contributed by atoms with Crippen LogP contribution in [0.4, 0.5) is 0 Å². The maximum atomic E-state index is 15.0. The van der Waals surface area contributed by atoms with E-state index in [4.69, 9.17) is 10.5 Å². The second-order valence-electron chi connectivity index (χ2n) is 19.8. The predicted octanol–water partition coefficient (Wildman–Crippen LogP) is 0.925. The maximum Gasteiger partial charge on any atom is 0.225 e. The van der Waals surface area contributed by atoms with E-state index in [0.717, 1.165) is 51.5 Å². The zero-order valence-corrected chi connectivity index (χ0v) is 34.1. The van der Waals surface area contributed by atoms with Crippen molar-refractivity contribution in [2.24, 2.45) is 58.0 Å². The van der Waals surface area contributed by atoms with Gasteiger partial charge in [0, 0.05) is 17.8 Å². The Labute approximate surface area is 324 Å². The van der Waals surface area contributed by atoms with E-state index in [9.17, 15) is 35.4 Å². The molecule has 17 unspecified atom stereocenters. The van der Waals surface area contributed by atoms with Gasteiger partial charge in [0.2, 0.25) is 11.5 Å². The molecule has 4 saturated carbocycles. The van der Waals surface area contributed by atoms with E-state index >= 15 is 0 Å². The van der Waals surface area contributed by atoms with Crippen LogP contribution >= 0.6 is 0 Å². The number of Topliss-reactive ketones (excluding diaryl/α,β-unsaturated/α-hetero) is 1. The highest BCUT2D eigenvalue weighted by Crippen LogP contribution is 2.70. The molecule has 6 rings (SSSR count). The van der Waals surface area contributed by atoms with Crippen molar-refractivity contribution >= 4 is 11.5 Å². The largest absolute Gasteiger partial charge is 0.390 e.